The van der Waals surface area contributed by atoms with Gasteiger partial charge in [-0.2, -0.15) is 0 Å². The average molecular weight is 271 g/mol. The molecular formula is C14H25NO4. The molecule has 5 nitrogen and oxygen atoms in total. The van der Waals surface area contributed by atoms with Crippen molar-refractivity contribution in [2.24, 2.45) is 5.92 Å². The van der Waals surface area contributed by atoms with Crippen LogP contribution in [-0.2, 0) is 14.2 Å². The van der Waals surface area contributed by atoms with Crippen LogP contribution in [-0.4, -0.2) is 48.7 Å². The lowest BCUT2D eigenvalue weighted by Gasteiger charge is -2.39. The fraction of sp³-hybridized carbons (Fsp3) is 0.929. The van der Waals surface area contributed by atoms with E-state index in [0.29, 0.717) is 32.2 Å². The van der Waals surface area contributed by atoms with Crippen LogP contribution in [0.5, 0.6) is 0 Å². The number of amides is 1. The summed E-state index contributed by atoms with van der Waals surface area (Å²) in [6.07, 6.45) is 1.58. The van der Waals surface area contributed by atoms with Gasteiger partial charge in [0.15, 0.2) is 5.79 Å². The van der Waals surface area contributed by atoms with Crippen LogP contribution in [0.4, 0.5) is 4.79 Å². The molecule has 0 aliphatic carbocycles. The fourth-order valence-electron chi connectivity index (χ4n) is 2.68. The number of hydrogen-bond donors (Lipinski definition) is 0. The van der Waals surface area contributed by atoms with E-state index in [1.54, 1.807) is 4.90 Å². The van der Waals surface area contributed by atoms with Gasteiger partial charge in [0.25, 0.3) is 0 Å². The van der Waals surface area contributed by atoms with Gasteiger partial charge in [-0.05, 0) is 40.5 Å². The Kier molecular flexibility index (Phi) is 4.06. The molecule has 0 spiro atoms. The van der Waals surface area contributed by atoms with E-state index in [9.17, 15) is 4.79 Å². The van der Waals surface area contributed by atoms with Crippen molar-refractivity contribution in [3.05, 3.63) is 0 Å². The highest BCUT2D eigenvalue weighted by molar-refractivity contribution is 5.68. The number of rotatable bonds is 1. The van der Waals surface area contributed by atoms with Crippen molar-refractivity contribution in [2.75, 3.05) is 26.3 Å². The van der Waals surface area contributed by atoms with Crippen molar-refractivity contribution in [3.8, 4) is 0 Å². The smallest absolute Gasteiger partial charge is 0.410 e. The summed E-state index contributed by atoms with van der Waals surface area (Å²) in [5.74, 6) is -0.103. The molecule has 5 heteroatoms. The summed E-state index contributed by atoms with van der Waals surface area (Å²) in [5, 5.41) is 0. The SMILES string of the molecule is CC(C)(C)OC(=O)N1CCC(C2(C)OCCO2)CC1. The van der Waals surface area contributed by atoms with Gasteiger partial charge in [-0.25, -0.2) is 4.79 Å². The number of likely N-dealkylation sites (tertiary alicyclic amines) is 1. The maximum atomic E-state index is 12.0. The molecule has 0 saturated carbocycles. The van der Waals surface area contributed by atoms with Crippen LogP contribution < -0.4 is 0 Å². The summed E-state index contributed by atoms with van der Waals surface area (Å²) in [5.41, 5.74) is -0.433. The van der Waals surface area contributed by atoms with Crippen molar-refractivity contribution in [2.45, 2.75) is 51.9 Å². The Morgan fingerprint density at radius 3 is 2.21 bits per heavy atom. The maximum Gasteiger partial charge on any atom is 0.410 e. The van der Waals surface area contributed by atoms with Crippen LogP contribution in [0.3, 0.4) is 0 Å². The first-order valence-corrected chi connectivity index (χ1v) is 7.06. The molecule has 0 atom stereocenters. The number of nitrogens with zero attached hydrogens (tertiary/aromatic N) is 1. The summed E-state index contributed by atoms with van der Waals surface area (Å²) < 4.78 is 16.8. The van der Waals surface area contributed by atoms with Crippen molar-refractivity contribution in [1.29, 1.82) is 0 Å². The van der Waals surface area contributed by atoms with Gasteiger partial charge in [0.2, 0.25) is 0 Å². The normalized spacial score (nSPS) is 24.5. The van der Waals surface area contributed by atoms with E-state index in [1.165, 1.54) is 0 Å². The highest BCUT2D eigenvalue weighted by Crippen LogP contribution is 2.35. The second-order valence-corrected chi connectivity index (χ2v) is 6.45. The molecule has 0 aromatic heterocycles. The minimum absolute atomic E-state index is 0.218. The molecule has 2 aliphatic rings. The van der Waals surface area contributed by atoms with Gasteiger partial charge in [-0.1, -0.05) is 0 Å². The summed E-state index contributed by atoms with van der Waals surface area (Å²) in [7, 11) is 0. The highest BCUT2D eigenvalue weighted by atomic mass is 16.7. The summed E-state index contributed by atoms with van der Waals surface area (Å²) in [6, 6.07) is 0. The first-order valence-electron chi connectivity index (χ1n) is 7.06. The summed E-state index contributed by atoms with van der Waals surface area (Å²) >= 11 is 0. The molecular weight excluding hydrogens is 246 g/mol. The van der Waals surface area contributed by atoms with E-state index in [-0.39, 0.29) is 6.09 Å². The Hall–Kier alpha value is -0.810. The molecule has 0 unspecified atom stereocenters. The van der Waals surface area contributed by atoms with Gasteiger partial charge in [0.1, 0.15) is 5.60 Å². The molecule has 2 rings (SSSR count). The zero-order valence-corrected chi connectivity index (χ0v) is 12.4. The third-order valence-electron chi connectivity index (χ3n) is 3.75. The van der Waals surface area contributed by atoms with Crippen LogP contribution in [0.1, 0.15) is 40.5 Å². The van der Waals surface area contributed by atoms with Gasteiger partial charge in [0.05, 0.1) is 13.2 Å². The molecule has 0 N–H and O–H groups in total. The second kappa shape index (κ2) is 5.29. The van der Waals surface area contributed by atoms with E-state index in [1.807, 2.05) is 27.7 Å². The lowest BCUT2D eigenvalue weighted by molar-refractivity contribution is -0.190. The molecule has 2 fully saturated rings. The maximum absolute atomic E-state index is 12.0. The monoisotopic (exact) mass is 271 g/mol. The number of carbonyl (C=O) groups is 1. The number of hydrogen-bond acceptors (Lipinski definition) is 4. The quantitative estimate of drug-likeness (QED) is 0.734. The second-order valence-electron chi connectivity index (χ2n) is 6.45. The van der Waals surface area contributed by atoms with E-state index < -0.39 is 11.4 Å². The molecule has 110 valence electrons. The van der Waals surface area contributed by atoms with Gasteiger partial charge >= 0.3 is 6.09 Å². The lowest BCUT2D eigenvalue weighted by Crippen LogP contribution is -2.47. The number of carbonyl (C=O) groups excluding carboxylic acids is 1. The minimum atomic E-state index is -0.458. The van der Waals surface area contributed by atoms with Crippen LogP contribution in [0, 0.1) is 5.92 Å². The Bertz CT molecular complexity index is 323. The molecule has 1 amide bonds. The van der Waals surface area contributed by atoms with Crippen molar-refractivity contribution < 1.29 is 19.0 Å². The Morgan fingerprint density at radius 2 is 1.74 bits per heavy atom. The molecule has 0 aromatic carbocycles. The summed E-state index contributed by atoms with van der Waals surface area (Å²) in [6.45, 7) is 10.4. The third-order valence-corrected chi connectivity index (χ3v) is 3.75. The molecule has 19 heavy (non-hydrogen) atoms. The number of piperidine rings is 1. The van der Waals surface area contributed by atoms with Crippen LogP contribution in [0.15, 0.2) is 0 Å². The predicted octanol–water partition coefficient (Wildman–Crippen LogP) is 2.40. The fourth-order valence-corrected chi connectivity index (χ4v) is 2.68. The Morgan fingerprint density at radius 1 is 1.21 bits per heavy atom. The molecule has 0 bridgehead atoms. The Balaban J connectivity index is 1.84. The predicted molar refractivity (Wildman–Crippen MR) is 70.8 cm³/mol. The lowest BCUT2D eigenvalue weighted by atomic mass is 9.89. The average Bonchev–Trinajstić information content (AvgIpc) is 2.75. The molecule has 2 heterocycles. The van der Waals surface area contributed by atoms with Crippen molar-refractivity contribution >= 4 is 6.09 Å². The zero-order valence-electron chi connectivity index (χ0n) is 12.4. The van der Waals surface area contributed by atoms with Gasteiger partial charge < -0.3 is 19.1 Å². The van der Waals surface area contributed by atoms with E-state index in [2.05, 4.69) is 0 Å². The van der Waals surface area contributed by atoms with E-state index >= 15 is 0 Å². The van der Waals surface area contributed by atoms with Crippen molar-refractivity contribution in [3.63, 3.8) is 0 Å². The minimum Gasteiger partial charge on any atom is -0.444 e. The van der Waals surface area contributed by atoms with Gasteiger partial charge in [-0.15, -0.1) is 0 Å². The molecule has 0 radical (unpaired) electrons. The zero-order chi connectivity index (χ0) is 14.1. The first-order chi connectivity index (χ1) is 8.80. The molecule has 2 aliphatic heterocycles. The Labute approximate surface area is 115 Å². The molecule has 0 aromatic rings. The first kappa shape index (κ1) is 14.6. The van der Waals surface area contributed by atoms with Gasteiger partial charge in [-0.3, -0.25) is 0 Å². The largest absolute Gasteiger partial charge is 0.444 e. The van der Waals surface area contributed by atoms with Crippen molar-refractivity contribution in [1.82, 2.24) is 4.90 Å². The van der Waals surface area contributed by atoms with Crippen LogP contribution in [0.25, 0.3) is 0 Å². The third kappa shape index (κ3) is 3.60. The van der Waals surface area contributed by atoms with E-state index in [0.717, 1.165) is 12.8 Å². The summed E-state index contributed by atoms with van der Waals surface area (Å²) in [4.78, 5) is 13.7. The number of ether oxygens (including phenoxy) is 3. The van der Waals surface area contributed by atoms with Gasteiger partial charge in [0, 0.05) is 19.0 Å². The topological polar surface area (TPSA) is 48.0 Å². The van der Waals surface area contributed by atoms with Crippen LogP contribution >= 0.6 is 0 Å². The standard InChI is InChI=1S/C14H25NO4/c1-13(2,3)19-12(16)15-7-5-11(6-8-15)14(4)17-9-10-18-14/h11H,5-10H2,1-4H3. The highest BCUT2D eigenvalue weighted by Gasteiger charge is 2.42. The van der Waals surface area contributed by atoms with Crippen LogP contribution in [0.2, 0.25) is 0 Å². The van der Waals surface area contributed by atoms with E-state index in [4.69, 9.17) is 14.2 Å². The molecule has 2 saturated heterocycles.